The van der Waals surface area contributed by atoms with Crippen molar-refractivity contribution in [3.8, 4) is 5.75 Å². The summed E-state index contributed by atoms with van der Waals surface area (Å²) in [4.78, 5) is 4.19. The predicted molar refractivity (Wildman–Crippen MR) is 89.8 cm³/mol. The third kappa shape index (κ3) is 4.83. The Hall–Kier alpha value is -1.39. The van der Waals surface area contributed by atoms with E-state index >= 15 is 0 Å². The Morgan fingerprint density at radius 2 is 2.14 bits per heavy atom. The highest BCUT2D eigenvalue weighted by Crippen LogP contribution is 2.24. The van der Waals surface area contributed by atoms with E-state index in [2.05, 4.69) is 45.3 Å². The second-order valence-electron chi connectivity index (χ2n) is 4.98. The number of pyridine rings is 1. The molecule has 0 saturated heterocycles. The van der Waals surface area contributed by atoms with Gasteiger partial charge in [-0.2, -0.15) is 0 Å². The Balaban J connectivity index is 2.12. The van der Waals surface area contributed by atoms with E-state index in [9.17, 15) is 0 Å². The maximum Gasteiger partial charge on any atom is 0.119 e. The van der Waals surface area contributed by atoms with Crippen LogP contribution in [0.4, 0.5) is 0 Å². The number of halogens is 1. The maximum atomic E-state index is 5.32. The lowest BCUT2D eigenvalue weighted by atomic mass is 9.99. The lowest BCUT2D eigenvalue weighted by molar-refractivity contribution is 0.413. The second kappa shape index (κ2) is 8.15. The number of benzene rings is 1. The number of likely N-dealkylation sites (N-methyl/N-ethyl adjacent to an activating group) is 1. The Morgan fingerprint density at radius 1 is 1.29 bits per heavy atom. The van der Waals surface area contributed by atoms with Crippen molar-refractivity contribution >= 4 is 15.9 Å². The predicted octanol–water partition coefficient (Wildman–Crippen LogP) is 3.62. The highest BCUT2D eigenvalue weighted by atomic mass is 79.9. The van der Waals surface area contributed by atoms with Gasteiger partial charge in [0.15, 0.2) is 0 Å². The van der Waals surface area contributed by atoms with Crippen molar-refractivity contribution in [1.82, 2.24) is 10.3 Å². The molecule has 0 aliphatic heterocycles. The summed E-state index contributed by atoms with van der Waals surface area (Å²) in [5.74, 6) is 0.893. The number of hydrogen-bond donors (Lipinski definition) is 1. The molecule has 1 atom stereocenters. The zero-order chi connectivity index (χ0) is 15.1. The van der Waals surface area contributed by atoms with Crippen molar-refractivity contribution < 1.29 is 4.74 Å². The topological polar surface area (TPSA) is 34.2 Å². The average molecular weight is 349 g/mol. The Kier molecular flexibility index (Phi) is 6.21. The molecule has 0 radical (unpaired) electrons. The number of methoxy groups -OCH3 is 1. The second-order valence-corrected chi connectivity index (χ2v) is 5.84. The van der Waals surface area contributed by atoms with Crippen molar-refractivity contribution in [3.63, 3.8) is 0 Å². The summed E-state index contributed by atoms with van der Waals surface area (Å²) in [7, 11) is 1.70. The molecule has 4 heteroatoms. The first-order valence-electron chi connectivity index (χ1n) is 7.17. The summed E-state index contributed by atoms with van der Waals surface area (Å²) in [5.41, 5.74) is 2.51. The summed E-state index contributed by atoms with van der Waals surface area (Å²) in [5, 5.41) is 3.55. The van der Waals surface area contributed by atoms with Gasteiger partial charge in [-0.05, 0) is 54.8 Å². The zero-order valence-electron chi connectivity index (χ0n) is 12.5. The molecule has 1 N–H and O–H groups in total. The highest BCUT2D eigenvalue weighted by Gasteiger charge is 2.12. The van der Waals surface area contributed by atoms with Crippen LogP contribution in [0.5, 0.6) is 5.75 Å². The van der Waals surface area contributed by atoms with Crippen LogP contribution in [-0.4, -0.2) is 24.7 Å². The van der Waals surface area contributed by atoms with Crippen LogP contribution >= 0.6 is 15.9 Å². The molecule has 0 bridgehead atoms. The number of hydrogen-bond acceptors (Lipinski definition) is 3. The first-order chi connectivity index (χ1) is 10.2. The molecule has 2 rings (SSSR count). The van der Waals surface area contributed by atoms with Gasteiger partial charge in [0.1, 0.15) is 5.75 Å². The summed E-state index contributed by atoms with van der Waals surface area (Å²) in [6.07, 6.45) is 5.65. The van der Waals surface area contributed by atoms with Crippen molar-refractivity contribution in [2.45, 2.75) is 25.8 Å². The van der Waals surface area contributed by atoms with E-state index in [1.54, 1.807) is 7.11 Å². The fourth-order valence-electron chi connectivity index (χ4n) is 2.41. The molecule has 1 unspecified atom stereocenters. The van der Waals surface area contributed by atoms with Crippen molar-refractivity contribution in [2.24, 2.45) is 0 Å². The number of nitrogens with one attached hydrogen (secondary N) is 1. The van der Waals surface area contributed by atoms with Crippen molar-refractivity contribution in [3.05, 3.63) is 58.3 Å². The van der Waals surface area contributed by atoms with E-state index in [1.807, 2.05) is 30.6 Å². The van der Waals surface area contributed by atoms with Crippen molar-refractivity contribution in [1.29, 1.82) is 0 Å². The van der Waals surface area contributed by atoms with Crippen LogP contribution in [-0.2, 0) is 12.8 Å². The summed E-state index contributed by atoms with van der Waals surface area (Å²) in [6.45, 7) is 3.09. The average Bonchev–Trinajstić information content (AvgIpc) is 2.51. The first-order valence-corrected chi connectivity index (χ1v) is 7.97. The van der Waals surface area contributed by atoms with E-state index in [0.717, 1.165) is 29.6 Å². The van der Waals surface area contributed by atoms with Crippen molar-refractivity contribution in [2.75, 3.05) is 13.7 Å². The monoisotopic (exact) mass is 348 g/mol. The van der Waals surface area contributed by atoms with Crippen LogP contribution in [0.1, 0.15) is 18.1 Å². The number of nitrogens with zero attached hydrogens (tertiary/aromatic N) is 1. The molecule has 2 aromatic rings. The van der Waals surface area contributed by atoms with Gasteiger partial charge in [-0.25, -0.2) is 0 Å². The summed E-state index contributed by atoms with van der Waals surface area (Å²) < 4.78 is 6.44. The lowest BCUT2D eigenvalue weighted by Gasteiger charge is -2.19. The van der Waals surface area contributed by atoms with Gasteiger partial charge in [-0.3, -0.25) is 4.98 Å². The Bertz CT molecular complexity index is 560. The molecule has 0 aliphatic rings. The molecular weight excluding hydrogens is 328 g/mol. The van der Waals surface area contributed by atoms with E-state index in [4.69, 9.17) is 4.74 Å². The normalized spacial score (nSPS) is 12.1. The van der Waals surface area contributed by atoms with E-state index < -0.39 is 0 Å². The van der Waals surface area contributed by atoms with Gasteiger partial charge in [-0.15, -0.1) is 0 Å². The van der Waals surface area contributed by atoms with E-state index in [1.165, 1.54) is 11.1 Å². The van der Waals surface area contributed by atoms with Crippen LogP contribution < -0.4 is 10.1 Å². The zero-order valence-corrected chi connectivity index (χ0v) is 14.1. The van der Waals surface area contributed by atoms with Gasteiger partial charge in [0.2, 0.25) is 0 Å². The van der Waals surface area contributed by atoms with Gasteiger partial charge < -0.3 is 10.1 Å². The van der Waals surface area contributed by atoms with Crippen LogP contribution in [0, 0.1) is 0 Å². The Labute approximate surface area is 134 Å². The smallest absolute Gasteiger partial charge is 0.119 e. The van der Waals surface area contributed by atoms with Gasteiger partial charge >= 0.3 is 0 Å². The van der Waals surface area contributed by atoms with Crippen LogP contribution in [0.15, 0.2) is 47.2 Å². The third-order valence-electron chi connectivity index (χ3n) is 3.42. The fourth-order valence-corrected chi connectivity index (χ4v) is 2.82. The fraction of sp³-hybridized carbons (Fsp3) is 0.353. The van der Waals surface area contributed by atoms with Gasteiger partial charge in [0.25, 0.3) is 0 Å². The van der Waals surface area contributed by atoms with Gasteiger partial charge in [-0.1, -0.05) is 28.9 Å². The minimum Gasteiger partial charge on any atom is -0.497 e. The largest absolute Gasteiger partial charge is 0.497 e. The van der Waals surface area contributed by atoms with Gasteiger partial charge in [0.05, 0.1) is 7.11 Å². The van der Waals surface area contributed by atoms with Crippen LogP contribution in [0.25, 0.3) is 0 Å². The number of rotatable bonds is 7. The molecule has 21 heavy (non-hydrogen) atoms. The summed E-state index contributed by atoms with van der Waals surface area (Å²) in [6, 6.07) is 10.6. The van der Waals surface area contributed by atoms with E-state index in [0.29, 0.717) is 6.04 Å². The SMILES string of the molecule is CCNC(Cc1cccnc1)Cc1cc(OC)ccc1Br. The van der Waals surface area contributed by atoms with Crippen LogP contribution in [0.3, 0.4) is 0 Å². The minimum atomic E-state index is 0.377. The Morgan fingerprint density at radius 3 is 2.81 bits per heavy atom. The molecule has 0 aliphatic carbocycles. The number of aromatic nitrogens is 1. The molecule has 1 aromatic heterocycles. The molecule has 0 fully saturated rings. The quantitative estimate of drug-likeness (QED) is 0.829. The molecular formula is C17H21BrN2O. The molecule has 0 amide bonds. The maximum absolute atomic E-state index is 5.32. The highest BCUT2D eigenvalue weighted by molar-refractivity contribution is 9.10. The summed E-state index contributed by atoms with van der Waals surface area (Å²) >= 11 is 3.63. The third-order valence-corrected chi connectivity index (χ3v) is 4.19. The molecule has 1 aromatic carbocycles. The standard InChI is InChI=1S/C17H21BrN2O/c1-3-20-15(9-13-5-4-8-19-12-13)10-14-11-16(21-2)6-7-17(14)18/h4-8,11-12,15,20H,3,9-10H2,1-2H3. The molecule has 112 valence electrons. The van der Waals surface area contributed by atoms with Gasteiger partial charge in [0, 0.05) is 22.9 Å². The van der Waals surface area contributed by atoms with Crippen LogP contribution in [0.2, 0.25) is 0 Å². The van der Waals surface area contributed by atoms with E-state index in [-0.39, 0.29) is 0 Å². The molecule has 0 saturated carbocycles. The minimum absolute atomic E-state index is 0.377. The molecule has 0 spiro atoms. The first kappa shape index (κ1) is 16.0. The number of ether oxygens (including phenoxy) is 1. The molecule has 1 heterocycles. The molecule has 3 nitrogen and oxygen atoms in total. The lowest BCUT2D eigenvalue weighted by Crippen LogP contribution is -2.33.